The zero-order chi connectivity index (χ0) is 13.4. The molecule has 112 valence electrons. The van der Waals surface area contributed by atoms with Crippen molar-refractivity contribution in [2.45, 2.75) is 33.6 Å². The predicted molar refractivity (Wildman–Crippen MR) is 90.0 cm³/mol. The lowest BCUT2D eigenvalue weighted by Gasteiger charge is -2.33. The van der Waals surface area contributed by atoms with Crippen LogP contribution in [0.3, 0.4) is 0 Å². The highest BCUT2D eigenvalue weighted by atomic mass is 127. The lowest BCUT2D eigenvalue weighted by Crippen LogP contribution is -2.46. The number of likely N-dealkylation sites (N-methyl/N-ethyl adjacent to an activating group) is 1. The van der Waals surface area contributed by atoms with Gasteiger partial charge in [-0.15, -0.1) is 24.0 Å². The van der Waals surface area contributed by atoms with Crippen LogP contribution in [0.15, 0.2) is 4.99 Å². The molecule has 5 nitrogen and oxygen atoms in total. The first kappa shape index (κ1) is 18.5. The van der Waals surface area contributed by atoms with Gasteiger partial charge in [0.15, 0.2) is 5.96 Å². The summed E-state index contributed by atoms with van der Waals surface area (Å²) in [4.78, 5) is 18.1. The number of halogens is 1. The van der Waals surface area contributed by atoms with E-state index in [4.69, 9.17) is 0 Å². The smallest absolute Gasteiger partial charge is 0.241 e. The molecule has 0 aromatic rings. The number of nitrogens with one attached hydrogen (secondary N) is 2. The van der Waals surface area contributed by atoms with Gasteiger partial charge in [0, 0.05) is 26.2 Å². The molecule has 0 saturated carbocycles. The van der Waals surface area contributed by atoms with E-state index in [-0.39, 0.29) is 36.4 Å². The largest absolute Gasteiger partial charge is 0.357 e. The Balaban J connectivity index is 0.00000324. The predicted octanol–water partition coefficient (Wildman–Crippen LogP) is 1.44. The monoisotopic (exact) mass is 382 g/mol. The SMILES string of the molecule is CCNC(=O)CN=C(NCC)N1CCCC(C)C1.I. The third kappa shape index (κ3) is 6.98. The number of likely N-dealkylation sites (tertiary alicyclic amines) is 1. The maximum absolute atomic E-state index is 11.4. The molecule has 1 unspecified atom stereocenters. The molecule has 1 rings (SSSR count). The standard InChI is InChI=1S/C13H26N4O.HI/c1-4-14-12(18)9-16-13(15-5-2)17-8-6-7-11(3)10-17;/h11H,4-10H2,1-3H3,(H,14,18)(H,15,16);1H. The van der Waals surface area contributed by atoms with Crippen LogP contribution in [-0.4, -0.2) is 49.5 Å². The Bertz CT molecular complexity index is 296. The fraction of sp³-hybridized carbons (Fsp3) is 0.846. The van der Waals surface area contributed by atoms with Gasteiger partial charge in [-0.1, -0.05) is 6.92 Å². The molecule has 0 bridgehead atoms. The van der Waals surface area contributed by atoms with E-state index >= 15 is 0 Å². The second-order valence-corrected chi connectivity index (χ2v) is 4.82. The van der Waals surface area contributed by atoms with Crippen LogP contribution in [0.5, 0.6) is 0 Å². The summed E-state index contributed by atoms with van der Waals surface area (Å²) in [6.45, 7) is 9.99. The Hall–Kier alpha value is -0.530. The summed E-state index contributed by atoms with van der Waals surface area (Å²) >= 11 is 0. The van der Waals surface area contributed by atoms with Gasteiger partial charge >= 0.3 is 0 Å². The van der Waals surface area contributed by atoms with Gasteiger partial charge in [0.1, 0.15) is 6.54 Å². The first-order valence-corrected chi connectivity index (χ1v) is 6.97. The highest BCUT2D eigenvalue weighted by molar-refractivity contribution is 14.0. The fourth-order valence-corrected chi connectivity index (χ4v) is 2.21. The van der Waals surface area contributed by atoms with Crippen molar-refractivity contribution in [3.63, 3.8) is 0 Å². The number of hydrogen-bond donors (Lipinski definition) is 2. The van der Waals surface area contributed by atoms with Gasteiger partial charge < -0.3 is 15.5 Å². The molecule has 1 amide bonds. The Morgan fingerprint density at radius 1 is 1.32 bits per heavy atom. The summed E-state index contributed by atoms with van der Waals surface area (Å²) in [6.07, 6.45) is 2.49. The fourth-order valence-electron chi connectivity index (χ4n) is 2.21. The van der Waals surface area contributed by atoms with E-state index < -0.39 is 0 Å². The lowest BCUT2D eigenvalue weighted by molar-refractivity contribution is -0.119. The van der Waals surface area contributed by atoms with E-state index in [9.17, 15) is 4.79 Å². The molecule has 1 saturated heterocycles. The van der Waals surface area contributed by atoms with Crippen molar-refractivity contribution in [1.29, 1.82) is 0 Å². The minimum Gasteiger partial charge on any atom is -0.357 e. The molecule has 1 atom stereocenters. The molecule has 0 radical (unpaired) electrons. The molecule has 1 heterocycles. The number of carbonyl (C=O) groups is 1. The summed E-state index contributed by atoms with van der Waals surface area (Å²) in [5, 5.41) is 6.03. The van der Waals surface area contributed by atoms with Gasteiger partial charge in [0.05, 0.1) is 0 Å². The second kappa shape index (κ2) is 10.3. The lowest BCUT2D eigenvalue weighted by atomic mass is 10.0. The topological polar surface area (TPSA) is 56.7 Å². The van der Waals surface area contributed by atoms with Gasteiger partial charge in [-0.2, -0.15) is 0 Å². The average Bonchev–Trinajstić information content (AvgIpc) is 2.35. The van der Waals surface area contributed by atoms with Crippen LogP contribution < -0.4 is 10.6 Å². The number of carbonyl (C=O) groups excluding carboxylic acids is 1. The highest BCUT2D eigenvalue weighted by Crippen LogP contribution is 2.15. The number of amides is 1. The number of nitrogens with zero attached hydrogens (tertiary/aromatic N) is 2. The molecule has 0 aliphatic carbocycles. The Morgan fingerprint density at radius 3 is 2.58 bits per heavy atom. The van der Waals surface area contributed by atoms with Crippen molar-refractivity contribution in [2.75, 3.05) is 32.7 Å². The number of piperidine rings is 1. The maximum atomic E-state index is 11.4. The third-order valence-electron chi connectivity index (χ3n) is 3.04. The van der Waals surface area contributed by atoms with Crippen molar-refractivity contribution in [1.82, 2.24) is 15.5 Å². The van der Waals surface area contributed by atoms with Gasteiger partial charge in [-0.25, -0.2) is 4.99 Å². The van der Waals surface area contributed by atoms with Crippen LogP contribution in [0.25, 0.3) is 0 Å². The molecule has 19 heavy (non-hydrogen) atoms. The van der Waals surface area contributed by atoms with Crippen molar-refractivity contribution in [2.24, 2.45) is 10.9 Å². The number of rotatable bonds is 4. The van der Waals surface area contributed by atoms with Crippen LogP contribution in [0.1, 0.15) is 33.6 Å². The number of hydrogen-bond acceptors (Lipinski definition) is 2. The number of aliphatic imine (C=N–C) groups is 1. The third-order valence-corrected chi connectivity index (χ3v) is 3.04. The minimum atomic E-state index is -0.0158. The average molecular weight is 382 g/mol. The molecule has 0 aromatic carbocycles. The van der Waals surface area contributed by atoms with Crippen molar-refractivity contribution >= 4 is 35.8 Å². The molecule has 6 heteroatoms. The zero-order valence-corrected chi connectivity index (χ0v) is 14.6. The van der Waals surface area contributed by atoms with Gasteiger partial charge in [0.25, 0.3) is 0 Å². The van der Waals surface area contributed by atoms with Crippen LogP contribution >= 0.6 is 24.0 Å². The maximum Gasteiger partial charge on any atom is 0.241 e. The van der Waals surface area contributed by atoms with Crippen LogP contribution in [0.4, 0.5) is 0 Å². The van der Waals surface area contributed by atoms with Crippen molar-refractivity contribution in [3.8, 4) is 0 Å². The molecule has 1 aliphatic rings. The van der Waals surface area contributed by atoms with Gasteiger partial charge in [0.2, 0.25) is 5.91 Å². The van der Waals surface area contributed by atoms with Crippen LogP contribution in [-0.2, 0) is 4.79 Å². The Labute approximate surface area is 133 Å². The van der Waals surface area contributed by atoms with E-state index in [1.807, 2.05) is 6.92 Å². The summed E-state index contributed by atoms with van der Waals surface area (Å²) < 4.78 is 0. The summed E-state index contributed by atoms with van der Waals surface area (Å²) in [5.41, 5.74) is 0. The second-order valence-electron chi connectivity index (χ2n) is 4.82. The van der Waals surface area contributed by atoms with E-state index in [2.05, 4.69) is 34.4 Å². The van der Waals surface area contributed by atoms with Crippen LogP contribution in [0.2, 0.25) is 0 Å². The molecule has 0 spiro atoms. The van der Waals surface area contributed by atoms with Gasteiger partial charge in [-0.3, -0.25) is 4.79 Å². The van der Waals surface area contributed by atoms with Crippen LogP contribution in [0, 0.1) is 5.92 Å². The molecule has 0 aromatic heterocycles. The first-order chi connectivity index (χ1) is 8.67. The molecule has 2 N–H and O–H groups in total. The van der Waals surface area contributed by atoms with E-state index in [0.29, 0.717) is 12.5 Å². The molecule has 1 fully saturated rings. The summed E-state index contributed by atoms with van der Waals surface area (Å²) in [7, 11) is 0. The first-order valence-electron chi connectivity index (χ1n) is 6.97. The normalized spacial score (nSPS) is 19.6. The molecular weight excluding hydrogens is 355 g/mol. The molecule has 1 aliphatic heterocycles. The summed E-state index contributed by atoms with van der Waals surface area (Å²) in [6, 6.07) is 0. The Morgan fingerprint density at radius 2 is 2.00 bits per heavy atom. The minimum absolute atomic E-state index is 0. The van der Waals surface area contributed by atoms with Crippen molar-refractivity contribution < 1.29 is 4.79 Å². The number of guanidine groups is 1. The quantitative estimate of drug-likeness (QED) is 0.440. The highest BCUT2D eigenvalue weighted by Gasteiger charge is 2.19. The van der Waals surface area contributed by atoms with Crippen molar-refractivity contribution in [3.05, 3.63) is 0 Å². The van der Waals surface area contributed by atoms with E-state index in [1.165, 1.54) is 12.8 Å². The van der Waals surface area contributed by atoms with E-state index in [0.717, 1.165) is 25.6 Å². The van der Waals surface area contributed by atoms with Gasteiger partial charge in [-0.05, 0) is 32.6 Å². The molecular formula is C13H27IN4O. The zero-order valence-electron chi connectivity index (χ0n) is 12.2. The Kier molecular flexibility index (Phi) is 9.99. The summed E-state index contributed by atoms with van der Waals surface area (Å²) in [5.74, 6) is 1.56. The van der Waals surface area contributed by atoms with E-state index in [1.54, 1.807) is 0 Å².